The Morgan fingerprint density at radius 3 is 2.56 bits per heavy atom. The summed E-state index contributed by atoms with van der Waals surface area (Å²) in [6.45, 7) is 2.95. The molecule has 128 valence electrons. The molecule has 0 bridgehead atoms. The van der Waals surface area contributed by atoms with Crippen LogP contribution in [0.25, 0.3) is 22.5 Å². The molecule has 0 aliphatic carbocycles. The van der Waals surface area contributed by atoms with Crippen LogP contribution in [-0.2, 0) is 13.0 Å². The maximum atomic E-state index is 5.51. The molecule has 0 saturated carbocycles. The first kappa shape index (κ1) is 16.1. The monoisotopic (exact) mass is 399 g/mol. The maximum Gasteiger partial charge on any atom is 0.161 e. The summed E-state index contributed by atoms with van der Waals surface area (Å²) in [6.07, 6.45) is 4.57. The van der Waals surface area contributed by atoms with Crippen LogP contribution in [0.4, 0.5) is 0 Å². The van der Waals surface area contributed by atoms with E-state index in [4.69, 9.17) is 14.5 Å². The summed E-state index contributed by atoms with van der Waals surface area (Å²) >= 11 is 3.50. The third-order valence-corrected chi connectivity index (χ3v) is 5.04. The van der Waals surface area contributed by atoms with E-state index in [9.17, 15) is 0 Å². The second-order valence-electron chi connectivity index (χ2n) is 6.01. The lowest BCUT2D eigenvalue weighted by Crippen LogP contribution is -2.12. The molecule has 25 heavy (non-hydrogen) atoms. The van der Waals surface area contributed by atoms with Crippen LogP contribution in [-0.4, -0.2) is 28.8 Å². The van der Waals surface area contributed by atoms with Crippen LogP contribution in [0.15, 0.2) is 35.1 Å². The molecule has 0 N–H and O–H groups in total. The van der Waals surface area contributed by atoms with Gasteiger partial charge in [0.2, 0.25) is 0 Å². The first-order chi connectivity index (χ1) is 12.1. The summed E-state index contributed by atoms with van der Waals surface area (Å²) in [6, 6.07) is 6.17. The highest BCUT2D eigenvalue weighted by Crippen LogP contribution is 2.42. The molecule has 2 aromatic heterocycles. The van der Waals surface area contributed by atoms with Crippen molar-refractivity contribution >= 4 is 15.9 Å². The SMILES string of the molecule is COc1cc2c(cc1OC)-c1c(-c3cncc(Br)c3)nc(C)n1CC2. The zero-order valence-electron chi connectivity index (χ0n) is 14.3. The summed E-state index contributed by atoms with van der Waals surface area (Å²) in [5.41, 5.74) is 5.43. The highest BCUT2D eigenvalue weighted by Gasteiger charge is 2.26. The van der Waals surface area contributed by atoms with E-state index in [1.54, 1.807) is 20.4 Å². The molecular formula is C19H18BrN3O2. The minimum atomic E-state index is 0.729. The third kappa shape index (κ3) is 2.61. The fraction of sp³-hybridized carbons (Fsp3) is 0.263. The number of aromatic nitrogens is 3. The Morgan fingerprint density at radius 2 is 1.84 bits per heavy atom. The van der Waals surface area contributed by atoms with Gasteiger partial charge in [-0.05, 0) is 53.0 Å². The zero-order valence-corrected chi connectivity index (χ0v) is 15.9. The average molecular weight is 400 g/mol. The molecule has 0 fully saturated rings. The van der Waals surface area contributed by atoms with E-state index in [2.05, 4.69) is 37.6 Å². The van der Waals surface area contributed by atoms with Crippen LogP contribution in [0.3, 0.4) is 0 Å². The molecule has 1 aliphatic heterocycles. The van der Waals surface area contributed by atoms with Crippen LogP contribution >= 0.6 is 15.9 Å². The van der Waals surface area contributed by atoms with Crippen LogP contribution in [0.1, 0.15) is 11.4 Å². The highest BCUT2D eigenvalue weighted by molar-refractivity contribution is 9.10. The van der Waals surface area contributed by atoms with Crippen molar-refractivity contribution in [2.24, 2.45) is 0 Å². The number of rotatable bonds is 3. The molecule has 6 heteroatoms. The number of fused-ring (bicyclic) bond motifs is 3. The summed E-state index contributed by atoms with van der Waals surface area (Å²) in [7, 11) is 3.33. The number of hydrogen-bond donors (Lipinski definition) is 0. The molecule has 0 atom stereocenters. The largest absolute Gasteiger partial charge is 0.493 e. The summed E-state index contributed by atoms with van der Waals surface area (Å²) in [5, 5.41) is 0. The average Bonchev–Trinajstić information content (AvgIpc) is 2.97. The zero-order chi connectivity index (χ0) is 17.6. The molecule has 0 saturated heterocycles. The van der Waals surface area contributed by atoms with Gasteiger partial charge in [0.25, 0.3) is 0 Å². The van der Waals surface area contributed by atoms with E-state index in [0.717, 1.165) is 57.3 Å². The molecular weight excluding hydrogens is 382 g/mol. The molecule has 5 nitrogen and oxygen atoms in total. The van der Waals surface area contributed by atoms with E-state index >= 15 is 0 Å². The smallest absolute Gasteiger partial charge is 0.161 e. The predicted octanol–water partition coefficient (Wildman–Crippen LogP) is 4.26. The Balaban J connectivity index is 1.98. The van der Waals surface area contributed by atoms with Crippen LogP contribution < -0.4 is 9.47 Å². The molecule has 0 unspecified atom stereocenters. The Kier molecular flexibility index (Phi) is 4.00. The maximum absolute atomic E-state index is 5.51. The van der Waals surface area contributed by atoms with Gasteiger partial charge >= 0.3 is 0 Å². The van der Waals surface area contributed by atoms with Crippen LogP contribution in [0.5, 0.6) is 11.5 Å². The standard InChI is InChI=1S/C19H18BrN3O2/c1-11-22-18(13-6-14(20)10-21-9-13)19-15-8-17(25-3)16(24-2)7-12(15)4-5-23(11)19/h6-10H,4-5H2,1-3H3. The van der Waals surface area contributed by atoms with Gasteiger partial charge in [0, 0.05) is 34.5 Å². The second kappa shape index (κ2) is 6.19. The van der Waals surface area contributed by atoms with E-state index in [-0.39, 0.29) is 0 Å². The molecule has 3 aromatic rings. The number of nitrogens with zero attached hydrogens (tertiary/aromatic N) is 3. The van der Waals surface area contributed by atoms with Crippen molar-refractivity contribution in [3.63, 3.8) is 0 Å². The normalized spacial score (nSPS) is 12.5. The highest BCUT2D eigenvalue weighted by atomic mass is 79.9. The van der Waals surface area contributed by atoms with Crippen molar-refractivity contribution < 1.29 is 9.47 Å². The number of benzene rings is 1. The molecule has 4 rings (SSSR count). The quantitative estimate of drug-likeness (QED) is 0.660. The number of methoxy groups -OCH3 is 2. The Bertz CT molecular complexity index is 966. The van der Waals surface area contributed by atoms with E-state index in [1.165, 1.54) is 5.56 Å². The lowest BCUT2D eigenvalue weighted by atomic mass is 9.95. The number of imidazole rings is 1. The minimum Gasteiger partial charge on any atom is -0.493 e. The van der Waals surface area contributed by atoms with Crippen molar-refractivity contribution in [1.82, 2.24) is 14.5 Å². The van der Waals surface area contributed by atoms with Crippen molar-refractivity contribution in [2.45, 2.75) is 19.9 Å². The van der Waals surface area contributed by atoms with Gasteiger partial charge in [0.1, 0.15) is 5.82 Å². The molecule has 0 radical (unpaired) electrons. The van der Waals surface area contributed by atoms with E-state index < -0.39 is 0 Å². The number of pyridine rings is 1. The molecule has 0 spiro atoms. The number of halogens is 1. The number of hydrogen-bond acceptors (Lipinski definition) is 4. The molecule has 3 heterocycles. The van der Waals surface area contributed by atoms with Crippen LogP contribution in [0, 0.1) is 6.92 Å². The summed E-state index contributed by atoms with van der Waals surface area (Å²) in [5.74, 6) is 2.49. The predicted molar refractivity (Wildman–Crippen MR) is 100 cm³/mol. The lowest BCUT2D eigenvalue weighted by Gasteiger charge is -2.22. The van der Waals surface area contributed by atoms with Gasteiger partial charge in [-0.3, -0.25) is 4.98 Å². The van der Waals surface area contributed by atoms with Gasteiger partial charge in [-0.1, -0.05) is 0 Å². The molecule has 0 amide bonds. The Morgan fingerprint density at radius 1 is 1.08 bits per heavy atom. The van der Waals surface area contributed by atoms with Crippen molar-refractivity contribution in [3.8, 4) is 34.0 Å². The van der Waals surface area contributed by atoms with Gasteiger partial charge in [0.15, 0.2) is 11.5 Å². The number of ether oxygens (including phenoxy) is 2. The summed E-state index contributed by atoms with van der Waals surface area (Å²) in [4.78, 5) is 9.13. The molecule has 1 aliphatic rings. The van der Waals surface area contributed by atoms with Gasteiger partial charge in [0.05, 0.1) is 25.6 Å². The lowest BCUT2D eigenvalue weighted by molar-refractivity contribution is 0.354. The Labute approximate surface area is 154 Å². The fourth-order valence-electron chi connectivity index (χ4n) is 3.43. The topological polar surface area (TPSA) is 49.2 Å². The fourth-order valence-corrected chi connectivity index (χ4v) is 3.80. The first-order valence-corrected chi connectivity index (χ1v) is 8.85. The first-order valence-electron chi connectivity index (χ1n) is 8.05. The van der Waals surface area contributed by atoms with Gasteiger partial charge in [-0.15, -0.1) is 0 Å². The van der Waals surface area contributed by atoms with E-state index in [0.29, 0.717) is 0 Å². The van der Waals surface area contributed by atoms with Crippen molar-refractivity contribution in [3.05, 3.63) is 46.5 Å². The third-order valence-electron chi connectivity index (χ3n) is 4.61. The van der Waals surface area contributed by atoms with Gasteiger partial charge in [-0.2, -0.15) is 0 Å². The Hall–Kier alpha value is -2.34. The second-order valence-corrected chi connectivity index (χ2v) is 6.93. The summed E-state index contributed by atoms with van der Waals surface area (Å²) < 4.78 is 14.2. The van der Waals surface area contributed by atoms with Crippen LogP contribution in [0.2, 0.25) is 0 Å². The van der Waals surface area contributed by atoms with Crippen molar-refractivity contribution in [2.75, 3.05) is 14.2 Å². The van der Waals surface area contributed by atoms with E-state index in [1.807, 2.05) is 19.2 Å². The van der Waals surface area contributed by atoms with Crippen molar-refractivity contribution in [1.29, 1.82) is 0 Å². The number of aryl methyl sites for hydroxylation is 2. The molecule has 1 aromatic carbocycles. The minimum absolute atomic E-state index is 0.729. The van der Waals surface area contributed by atoms with Gasteiger partial charge < -0.3 is 14.0 Å². The van der Waals surface area contributed by atoms with Gasteiger partial charge in [-0.25, -0.2) is 4.98 Å².